The van der Waals surface area contributed by atoms with Gasteiger partial charge in [0.1, 0.15) is 29.4 Å². The molecule has 0 unspecified atom stereocenters. The number of carbonyl (C=O) groups is 3. The van der Waals surface area contributed by atoms with Crippen LogP contribution in [0.1, 0.15) is 39.8 Å². The van der Waals surface area contributed by atoms with Gasteiger partial charge in [0.15, 0.2) is 0 Å². The smallest absolute Gasteiger partial charge is 0.261 e. The van der Waals surface area contributed by atoms with Gasteiger partial charge in [-0.05, 0) is 29.7 Å². The number of aliphatic hydroxyl groups excluding tert-OH is 3. The molecule has 3 heterocycles. The van der Waals surface area contributed by atoms with Crippen molar-refractivity contribution in [3.63, 3.8) is 0 Å². The predicted molar refractivity (Wildman–Crippen MR) is 141 cm³/mol. The first-order valence-corrected chi connectivity index (χ1v) is 13.6. The fraction of sp³-hybridized carbons (Fsp3) is 0.423. The molecule has 0 saturated carbocycles. The summed E-state index contributed by atoms with van der Waals surface area (Å²) in [6.07, 6.45) is -1.25. The minimum Gasteiger partial charge on any atom is -0.394 e. The topological polar surface area (TPSA) is 167 Å². The molecule has 1 aromatic heterocycles. The van der Waals surface area contributed by atoms with Crippen molar-refractivity contribution in [3.05, 3.63) is 59.4 Å². The molecule has 2 aliphatic heterocycles. The number of nitrogens with one attached hydrogen (secondary N) is 1. The molecule has 0 radical (unpaired) electrons. The standard InChI is InChI=1S/C26H29N5O7S/c1-14(33)27-21-23(35)22(34)19(13-32)38-26(21)39-10-4-9-30-11-16(28-29-30)12-31-24(36)17-7-2-5-15-6-3-8-18(20(15)17)25(31)37/h2-3,5-8,11,19,21-23,26,32,34-35H,4,9-10,12-13H2,1H3,(H,27,33)/t19-,21-,22-,23-,26+/m1/s1. The van der Waals surface area contributed by atoms with Gasteiger partial charge in [0, 0.05) is 30.0 Å². The summed E-state index contributed by atoms with van der Waals surface area (Å²) < 4.78 is 7.34. The van der Waals surface area contributed by atoms with E-state index in [0.717, 1.165) is 5.39 Å². The van der Waals surface area contributed by atoms with Gasteiger partial charge in [-0.3, -0.25) is 24.0 Å². The van der Waals surface area contributed by atoms with Crippen molar-refractivity contribution in [2.24, 2.45) is 0 Å². The van der Waals surface area contributed by atoms with E-state index in [1.54, 1.807) is 35.1 Å². The molecular formula is C26H29N5O7S. The van der Waals surface area contributed by atoms with E-state index in [1.807, 2.05) is 12.1 Å². The van der Waals surface area contributed by atoms with Crippen LogP contribution in [-0.4, -0.2) is 95.1 Å². The number of nitrogens with zero attached hydrogens (tertiary/aromatic N) is 4. The largest absolute Gasteiger partial charge is 0.394 e. The van der Waals surface area contributed by atoms with Crippen LogP contribution in [0, 0.1) is 0 Å². The average molecular weight is 556 g/mol. The Kier molecular flexibility index (Phi) is 7.96. The molecule has 0 spiro atoms. The van der Waals surface area contributed by atoms with E-state index in [9.17, 15) is 29.7 Å². The van der Waals surface area contributed by atoms with Crippen molar-refractivity contribution in [1.29, 1.82) is 0 Å². The summed E-state index contributed by atoms with van der Waals surface area (Å²) in [7, 11) is 0. The third-order valence-electron chi connectivity index (χ3n) is 6.83. The molecule has 4 N–H and O–H groups in total. The van der Waals surface area contributed by atoms with Gasteiger partial charge in [0.25, 0.3) is 11.8 Å². The fourth-order valence-electron chi connectivity index (χ4n) is 4.95. The normalized spacial score (nSPS) is 24.8. The van der Waals surface area contributed by atoms with Crippen LogP contribution in [-0.2, 0) is 22.6 Å². The van der Waals surface area contributed by atoms with Crippen LogP contribution in [0.25, 0.3) is 10.8 Å². The average Bonchev–Trinajstić information content (AvgIpc) is 3.38. The zero-order valence-corrected chi connectivity index (χ0v) is 22.0. The molecule has 2 aliphatic rings. The zero-order chi connectivity index (χ0) is 27.7. The molecule has 1 fully saturated rings. The second-order valence-corrected chi connectivity index (χ2v) is 10.7. The number of benzene rings is 2. The lowest BCUT2D eigenvalue weighted by atomic mass is 9.94. The van der Waals surface area contributed by atoms with E-state index >= 15 is 0 Å². The summed E-state index contributed by atoms with van der Waals surface area (Å²) in [5.74, 6) is -0.556. The van der Waals surface area contributed by atoms with Gasteiger partial charge in [-0.15, -0.1) is 16.9 Å². The van der Waals surface area contributed by atoms with Crippen LogP contribution in [0.3, 0.4) is 0 Å². The lowest BCUT2D eigenvalue weighted by molar-refractivity contribution is -0.173. The summed E-state index contributed by atoms with van der Waals surface area (Å²) in [6.45, 7) is 1.32. The molecule has 5 rings (SSSR count). The van der Waals surface area contributed by atoms with Crippen molar-refractivity contribution in [3.8, 4) is 0 Å². The number of aliphatic hydroxyl groups is 3. The first-order chi connectivity index (χ1) is 18.8. The molecule has 2 aromatic carbocycles. The highest BCUT2D eigenvalue weighted by Gasteiger charge is 2.44. The Morgan fingerprint density at radius 2 is 1.79 bits per heavy atom. The number of hydrogen-bond acceptors (Lipinski definition) is 10. The molecule has 12 nitrogen and oxygen atoms in total. The number of hydrogen-bond donors (Lipinski definition) is 4. The molecule has 3 amide bonds. The summed E-state index contributed by atoms with van der Waals surface area (Å²) in [5.41, 5.74) is 0.769. The van der Waals surface area contributed by atoms with Crippen LogP contribution in [0.5, 0.6) is 0 Å². The lowest BCUT2D eigenvalue weighted by Crippen LogP contribution is -2.63. The Balaban J connectivity index is 1.18. The maximum Gasteiger partial charge on any atom is 0.261 e. The number of thioether (sulfide) groups is 1. The predicted octanol–water partition coefficient (Wildman–Crippen LogP) is 0.295. The number of amides is 3. The minimum atomic E-state index is -1.32. The van der Waals surface area contributed by atoms with E-state index < -0.39 is 36.4 Å². The summed E-state index contributed by atoms with van der Waals surface area (Å²) >= 11 is 1.34. The van der Waals surface area contributed by atoms with Crippen molar-refractivity contribution in [2.75, 3.05) is 12.4 Å². The Morgan fingerprint density at radius 3 is 2.44 bits per heavy atom. The molecule has 3 aromatic rings. The molecule has 0 bridgehead atoms. The summed E-state index contributed by atoms with van der Waals surface area (Å²) in [6, 6.07) is 9.95. The van der Waals surface area contributed by atoms with Crippen LogP contribution in [0.2, 0.25) is 0 Å². The number of aromatic nitrogens is 3. The van der Waals surface area contributed by atoms with Crippen LogP contribution >= 0.6 is 11.8 Å². The molecular weight excluding hydrogens is 526 g/mol. The molecule has 1 saturated heterocycles. The second kappa shape index (κ2) is 11.4. The van der Waals surface area contributed by atoms with Gasteiger partial charge in [-0.1, -0.05) is 29.5 Å². The Hall–Kier alpha value is -3.36. The second-order valence-electron chi connectivity index (χ2n) is 9.54. The van der Waals surface area contributed by atoms with Crippen LogP contribution < -0.4 is 5.32 Å². The number of aryl methyl sites for hydroxylation is 1. The molecule has 13 heteroatoms. The van der Waals surface area contributed by atoms with E-state index in [0.29, 0.717) is 40.9 Å². The highest BCUT2D eigenvalue weighted by molar-refractivity contribution is 7.99. The minimum absolute atomic E-state index is 0.00574. The molecule has 39 heavy (non-hydrogen) atoms. The van der Waals surface area contributed by atoms with Gasteiger partial charge < -0.3 is 25.4 Å². The van der Waals surface area contributed by atoms with Crippen LogP contribution in [0.15, 0.2) is 42.6 Å². The van der Waals surface area contributed by atoms with E-state index in [2.05, 4.69) is 15.6 Å². The first-order valence-electron chi connectivity index (χ1n) is 12.6. The van der Waals surface area contributed by atoms with Crippen molar-refractivity contribution >= 4 is 40.3 Å². The lowest BCUT2D eigenvalue weighted by Gasteiger charge is -2.42. The third kappa shape index (κ3) is 5.40. The summed E-state index contributed by atoms with van der Waals surface area (Å²) in [5, 5.41) is 42.4. The number of rotatable bonds is 9. The van der Waals surface area contributed by atoms with E-state index in [4.69, 9.17) is 4.74 Å². The van der Waals surface area contributed by atoms with Crippen molar-refractivity contribution in [1.82, 2.24) is 25.2 Å². The van der Waals surface area contributed by atoms with Gasteiger partial charge in [-0.2, -0.15) is 0 Å². The van der Waals surface area contributed by atoms with Crippen molar-refractivity contribution in [2.45, 2.75) is 56.2 Å². The third-order valence-corrected chi connectivity index (χ3v) is 8.08. The maximum atomic E-state index is 13.1. The number of imide groups is 1. The number of carbonyl (C=O) groups excluding carboxylic acids is 3. The fourth-order valence-corrected chi connectivity index (χ4v) is 6.13. The van der Waals surface area contributed by atoms with Gasteiger partial charge in [0.2, 0.25) is 5.91 Å². The highest BCUT2D eigenvalue weighted by atomic mass is 32.2. The maximum absolute atomic E-state index is 13.1. The Bertz CT molecular complexity index is 1350. The Labute approximate surface area is 227 Å². The molecule has 0 aliphatic carbocycles. The van der Waals surface area contributed by atoms with Crippen LogP contribution in [0.4, 0.5) is 0 Å². The number of ether oxygens (including phenoxy) is 1. The molecule has 206 valence electrons. The van der Waals surface area contributed by atoms with Gasteiger partial charge in [0.05, 0.1) is 25.4 Å². The SMILES string of the molecule is CC(=O)N[C@@H]1[C@@H](O)[C@H](O)[C@@H](CO)O[C@H]1SCCCn1cc(CN2C(=O)c3cccc4cccc(c34)C2=O)nn1. The first kappa shape index (κ1) is 27.2. The monoisotopic (exact) mass is 555 g/mol. The van der Waals surface area contributed by atoms with Gasteiger partial charge >= 0.3 is 0 Å². The quantitative estimate of drug-likeness (QED) is 0.213. The van der Waals surface area contributed by atoms with Gasteiger partial charge in [-0.25, -0.2) is 0 Å². The highest BCUT2D eigenvalue weighted by Crippen LogP contribution is 2.31. The zero-order valence-electron chi connectivity index (χ0n) is 21.1. The van der Waals surface area contributed by atoms with Crippen molar-refractivity contribution < 1.29 is 34.4 Å². The van der Waals surface area contributed by atoms with E-state index in [1.165, 1.54) is 23.6 Å². The Morgan fingerprint density at radius 1 is 1.10 bits per heavy atom. The summed E-state index contributed by atoms with van der Waals surface area (Å²) in [4.78, 5) is 39.0. The van der Waals surface area contributed by atoms with E-state index in [-0.39, 0.29) is 24.3 Å². The molecule has 5 atom stereocenters.